The van der Waals surface area contributed by atoms with Crippen molar-refractivity contribution in [3.8, 4) is 0 Å². The van der Waals surface area contributed by atoms with Crippen LogP contribution in [-0.4, -0.2) is 5.91 Å². The predicted molar refractivity (Wildman–Crippen MR) is 76.3 cm³/mol. The number of hydrogen-bond acceptors (Lipinski definition) is 3. The number of carbonyl (C=O) groups is 1. The van der Waals surface area contributed by atoms with E-state index in [-0.39, 0.29) is 5.91 Å². The molecule has 0 unspecified atom stereocenters. The van der Waals surface area contributed by atoms with E-state index in [4.69, 9.17) is 5.84 Å². The summed E-state index contributed by atoms with van der Waals surface area (Å²) in [6.45, 7) is 0. The average Bonchev–Trinajstić information content (AvgIpc) is 2.39. The van der Waals surface area contributed by atoms with Crippen molar-refractivity contribution < 1.29 is 4.79 Å². The average molecular weight is 306 g/mol. The van der Waals surface area contributed by atoms with Gasteiger partial charge in [0.15, 0.2) is 0 Å². The topological polar surface area (TPSA) is 67.1 Å². The molecule has 1 amide bonds. The molecule has 0 saturated heterocycles. The van der Waals surface area contributed by atoms with Crippen LogP contribution in [0.15, 0.2) is 53.0 Å². The molecule has 2 aromatic carbocycles. The number of halogens is 1. The molecule has 0 heterocycles. The molecule has 0 saturated carbocycles. The SMILES string of the molecule is NNc1ccc(C(=O)Nc2cccc(Br)c2)cc1. The van der Waals surface area contributed by atoms with Crippen LogP contribution in [0.25, 0.3) is 0 Å². The fourth-order valence-corrected chi connectivity index (χ4v) is 1.89. The van der Waals surface area contributed by atoms with Crippen molar-refractivity contribution in [3.63, 3.8) is 0 Å². The third kappa shape index (κ3) is 3.09. The summed E-state index contributed by atoms with van der Waals surface area (Å²) in [6, 6.07) is 14.3. The summed E-state index contributed by atoms with van der Waals surface area (Å²) in [6.07, 6.45) is 0. The molecule has 0 aliphatic rings. The van der Waals surface area contributed by atoms with Crippen LogP contribution in [0.1, 0.15) is 10.4 Å². The monoisotopic (exact) mass is 305 g/mol. The highest BCUT2D eigenvalue weighted by molar-refractivity contribution is 9.10. The molecule has 0 bridgehead atoms. The Morgan fingerprint density at radius 1 is 1.06 bits per heavy atom. The minimum atomic E-state index is -0.156. The number of rotatable bonds is 3. The largest absolute Gasteiger partial charge is 0.324 e. The summed E-state index contributed by atoms with van der Waals surface area (Å²) in [5, 5.41) is 2.82. The van der Waals surface area contributed by atoms with Gasteiger partial charge in [-0.2, -0.15) is 0 Å². The maximum atomic E-state index is 11.9. The van der Waals surface area contributed by atoms with E-state index in [1.54, 1.807) is 24.3 Å². The summed E-state index contributed by atoms with van der Waals surface area (Å²) in [5.41, 5.74) is 4.59. The number of anilines is 2. The van der Waals surface area contributed by atoms with Crippen LogP contribution >= 0.6 is 15.9 Å². The molecule has 4 nitrogen and oxygen atoms in total. The minimum absolute atomic E-state index is 0.156. The molecule has 0 spiro atoms. The molecular weight excluding hydrogens is 294 g/mol. The molecule has 92 valence electrons. The van der Waals surface area contributed by atoms with Gasteiger partial charge in [0.25, 0.3) is 5.91 Å². The minimum Gasteiger partial charge on any atom is -0.324 e. The van der Waals surface area contributed by atoms with Crippen molar-refractivity contribution in [1.29, 1.82) is 0 Å². The normalized spacial score (nSPS) is 9.89. The van der Waals surface area contributed by atoms with E-state index in [0.29, 0.717) is 5.56 Å². The van der Waals surface area contributed by atoms with Gasteiger partial charge in [0, 0.05) is 21.4 Å². The van der Waals surface area contributed by atoms with Crippen LogP contribution in [0.2, 0.25) is 0 Å². The van der Waals surface area contributed by atoms with E-state index in [2.05, 4.69) is 26.7 Å². The highest BCUT2D eigenvalue weighted by Gasteiger charge is 2.05. The molecule has 0 aromatic heterocycles. The standard InChI is InChI=1S/C13H12BrN3O/c14-10-2-1-3-12(8-10)16-13(18)9-4-6-11(17-15)7-5-9/h1-8,17H,15H2,(H,16,18). The summed E-state index contributed by atoms with van der Waals surface area (Å²) < 4.78 is 0.919. The van der Waals surface area contributed by atoms with Crippen molar-refractivity contribution in [3.05, 3.63) is 58.6 Å². The Morgan fingerprint density at radius 3 is 2.39 bits per heavy atom. The molecule has 4 N–H and O–H groups in total. The van der Waals surface area contributed by atoms with Gasteiger partial charge in [-0.15, -0.1) is 0 Å². The Morgan fingerprint density at radius 2 is 1.78 bits per heavy atom. The third-order valence-corrected chi connectivity index (χ3v) is 2.89. The second-order valence-electron chi connectivity index (χ2n) is 3.69. The van der Waals surface area contributed by atoms with Crippen LogP contribution in [0.4, 0.5) is 11.4 Å². The maximum absolute atomic E-state index is 11.9. The smallest absolute Gasteiger partial charge is 0.255 e. The Kier molecular flexibility index (Phi) is 3.96. The number of nitrogen functional groups attached to an aromatic ring is 1. The molecule has 0 aliphatic heterocycles. The lowest BCUT2D eigenvalue weighted by molar-refractivity contribution is 0.102. The molecule has 0 fully saturated rings. The first-order valence-electron chi connectivity index (χ1n) is 5.32. The van der Waals surface area contributed by atoms with Crippen molar-refractivity contribution in [1.82, 2.24) is 0 Å². The lowest BCUT2D eigenvalue weighted by atomic mass is 10.2. The van der Waals surface area contributed by atoms with Crippen LogP contribution in [-0.2, 0) is 0 Å². The van der Waals surface area contributed by atoms with Crippen LogP contribution < -0.4 is 16.6 Å². The summed E-state index contributed by atoms with van der Waals surface area (Å²) in [5.74, 6) is 5.10. The van der Waals surface area contributed by atoms with Crippen molar-refractivity contribution in [2.75, 3.05) is 10.7 Å². The lowest BCUT2D eigenvalue weighted by Gasteiger charge is -2.06. The van der Waals surface area contributed by atoms with Crippen molar-refractivity contribution >= 4 is 33.2 Å². The Labute approximate surface area is 113 Å². The van der Waals surface area contributed by atoms with E-state index in [1.807, 2.05) is 24.3 Å². The number of benzene rings is 2. The number of hydrazine groups is 1. The van der Waals surface area contributed by atoms with Gasteiger partial charge in [0.1, 0.15) is 0 Å². The second-order valence-corrected chi connectivity index (χ2v) is 4.60. The fourth-order valence-electron chi connectivity index (χ4n) is 1.49. The second kappa shape index (κ2) is 5.66. The van der Waals surface area contributed by atoms with Crippen LogP contribution in [0.5, 0.6) is 0 Å². The molecule has 0 aliphatic carbocycles. The molecule has 0 radical (unpaired) electrons. The predicted octanol–water partition coefficient (Wildman–Crippen LogP) is 2.99. The number of amides is 1. The van der Waals surface area contributed by atoms with Crippen molar-refractivity contribution in [2.45, 2.75) is 0 Å². The molecule has 0 atom stereocenters. The fraction of sp³-hybridized carbons (Fsp3) is 0. The summed E-state index contributed by atoms with van der Waals surface area (Å²) in [7, 11) is 0. The third-order valence-electron chi connectivity index (χ3n) is 2.40. The maximum Gasteiger partial charge on any atom is 0.255 e. The van der Waals surface area contributed by atoms with Gasteiger partial charge in [-0.1, -0.05) is 22.0 Å². The van der Waals surface area contributed by atoms with Gasteiger partial charge in [-0.3, -0.25) is 10.6 Å². The number of carbonyl (C=O) groups excluding carboxylic acids is 1. The van der Waals surface area contributed by atoms with E-state index in [1.165, 1.54) is 0 Å². The van der Waals surface area contributed by atoms with Gasteiger partial charge in [-0.25, -0.2) is 0 Å². The summed E-state index contributed by atoms with van der Waals surface area (Å²) >= 11 is 3.35. The summed E-state index contributed by atoms with van der Waals surface area (Å²) in [4.78, 5) is 11.9. The zero-order valence-electron chi connectivity index (χ0n) is 9.48. The molecule has 5 heteroatoms. The Balaban J connectivity index is 2.11. The molecule has 2 aromatic rings. The van der Waals surface area contributed by atoms with E-state index >= 15 is 0 Å². The zero-order chi connectivity index (χ0) is 13.0. The zero-order valence-corrected chi connectivity index (χ0v) is 11.1. The first-order valence-corrected chi connectivity index (χ1v) is 6.12. The Bertz CT molecular complexity index is 554. The molecule has 18 heavy (non-hydrogen) atoms. The highest BCUT2D eigenvalue weighted by Crippen LogP contribution is 2.17. The van der Waals surface area contributed by atoms with E-state index < -0.39 is 0 Å². The van der Waals surface area contributed by atoms with Crippen LogP contribution in [0, 0.1) is 0 Å². The molecule has 2 rings (SSSR count). The number of hydrogen-bond donors (Lipinski definition) is 3. The molecular formula is C13H12BrN3O. The first-order chi connectivity index (χ1) is 8.69. The quantitative estimate of drug-likeness (QED) is 0.603. The van der Waals surface area contributed by atoms with Gasteiger partial charge >= 0.3 is 0 Å². The highest BCUT2D eigenvalue weighted by atomic mass is 79.9. The first kappa shape index (κ1) is 12.6. The van der Waals surface area contributed by atoms with Gasteiger partial charge < -0.3 is 10.7 Å². The lowest BCUT2D eigenvalue weighted by Crippen LogP contribution is -2.12. The number of nitrogens with two attached hydrogens (primary N) is 1. The number of nitrogens with one attached hydrogen (secondary N) is 2. The Hall–Kier alpha value is -1.85. The van der Waals surface area contributed by atoms with Gasteiger partial charge in [0.05, 0.1) is 0 Å². The van der Waals surface area contributed by atoms with Crippen molar-refractivity contribution in [2.24, 2.45) is 5.84 Å². The van der Waals surface area contributed by atoms with E-state index in [9.17, 15) is 4.79 Å². The van der Waals surface area contributed by atoms with E-state index in [0.717, 1.165) is 15.8 Å². The van der Waals surface area contributed by atoms with Gasteiger partial charge in [0.2, 0.25) is 0 Å². The van der Waals surface area contributed by atoms with Crippen LogP contribution in [0.3, 0.4) is 0 Å². The van der Waals surface area contributed by atoms with Gasteiger partial charge in [-0.05, 0) is 42.5 Å².